The van der Waals surface area contributed by atoms with Gasteiger partial charge >= 0.3 is 0 Å². The fraction of sp³-hybridized carbons (Fsp3) is 0. The molecule has 2 heterocycles. The van der Waals surface area contributed by atoms with Crippen LogP contribution in [-0.4, -0.2) is 4.57 Å². The number of rotatable bonds is 1. The van der Waals surface area contributed by atoms with Gasteiger partial charge in [0.25, 0.3) is 0 Å². The Morgan fingerprint density at radius 1 is 0.441 bits per heavy atom. The van der Waals surface area contributed by atoms with Crippen LogP contribution in [0.15, 0.2) is 115 Å². The van der Waals surface area contributed by atoms with Gasteiger partial charge in [-0.3, -0.25) is 0 Å². The summed E-state index contributed by atoms with van der Waals surface area (Å²) in [5, 5.41) is 10.6. The molecular formula is C32H19NS. The monoisotopic (exact) mass is 449 g/mol. The zero-order valence-electron chi connectivity index (χ0n) is 18.3. The van der Waals surface area contributed by atoms with Crippen molar-refractivity contribution in [2.24, 2.45) is 0 Å². The summed E-state index contributed by atoms with van der Waals surface area (Å²) in [7, 11) is 0. The molecule has 2 heteroatoms. The molecule has 0 radical (unpaired) electrons. The molecule has 0 saturated heterocycles. The number of fused-ring (bicyclic) bond motifs is 12. The topological polar surface area (TPSA) is 4.93 Å². The van der Waals surface area contributed by atoms with Gasteiger partial charge in [0.1, 0.15) is 0 Å². The largest absolute Gasteiger partial charge is 0.307 e. The van der Waals surface area contributed by atoms with Crippen LogP contribution < -0.4 is 0 Å². The molecule has 0 fully saturated rings. The molecule has 0 aliphatic rings. The van der Waals surface area contributed by atoms with Crippen molar-refractivity contribution in [1.82, 2.24) is 4.57 Å². The molecule has 158 valence electrons. The van der Waals surface area contributed by atoms with Gasteiger partial charge in [0.15, 0.2) is 0 Å². The quantitative estimate of drug-likeness (QED) is 0.235. The maximum absolute atomic E-state index is 2.51. The summed E-state index contributed by atoms with van der Waals surface area (Å²) in [6.45, 7) is 0. The highest BCUT2D eigenvalue weighted by Crippen LogP contribution is 2.48. The average Bonchev–Trinajstić information content (AvgIpc) is 3.46. The standard InChI is InChI=1S/C32H19NS/c1-2-11-21(12-3-1)33-30-22-13-5-4-10-20(22)18-19-26(30)28-23-14-6-7-15-24(23)29-25-16-8-9-17-27(25)34-32(29)31(28)33/h1-19H. The predicted molar refractivity (Wildman–Crippen MR) is 149 cm³/mol. The van der Waals surface area contributed by atoms with E-state index in [9.17, 15) is 0 Å². The number of para-hydroxylation sites is 1. The van der Waals surface area contributed by atoms with Crippen LogP contribution in [0.3, 0.4) is 0 Å². The highest BCUT2D eigenvalue weighted by molar-refractivity contribution is 7.27. The average molecular weight is 450 g/mol. The van der Waals surface area contributed by atoms with E-state index < -0.39 is 0 Å². The highest BCUT2D eigenvalue weighted by Gasteiger charge is 2.22. The fourth-order valence-corrected chi connectivity index (χ4v) is 7.03. The van der Waals surface area contributed by atoms with E-state index in [0.717, 1.165) is 0 Å². The molecule has 34 heavy (non-hydrogen) atoms. The Hall–Kier alpha value is -4.14. The second-order valence-electron chi connectivity index (χ2n) is 8.93. The number of aromatic nitrogens is 1. The number of hydrogen-bond donors (Lipinski definition) is 0. The summed E-state index contributed by atoms with van der Waals surface area (Å²) in [6.07, 6.45) is 0. The van der Waals surface area contributed by atoms with Crippen molar-refractivity contribution in [3.05, 3.63) is 115 Å². The van der Waals surface area contributed by atoms with Crippen LogP contribution in [-0.2, 0) is 0 Å². The van der Waals surface area contributed by atoms with E-state index in [1.807, 2.05) is 11.3 Å². The van der Waals surface area contributed by atoms with Crippen molar-refractivity contribution in [1.29, 1.82) is 0 Å². The Kier molecular flexibility index (Phi) is 3.60. The van der Waals surface area contributed by atoms with Gasteiger partial charge < -0.3 is 4.57 Å². The van der Waals surface area contributed by atoms with E-state index in [1.165, 1.54) is 69.2 Å². The molecule has 0 saturated carbocycles. The Morgan fingerprint density at radius 3 is 1.91 bits per heavy atom. The lowest BCUT2D eigenvalue weighted by Gasteiger charge is -2.11. The predicted octanol–water partition coefficient (Wildman–Crippen LogP) is 9.46. The van der Waals surface area contributed by atoms with Gasteiger partial charge in [0.2, 0.25) is 0 Å². The third kappa shape index (κ3) is 2.28. The van der Waals surface area contributed by atoms with E-state index in [-0.39, 0.29) is 0 Å². The second kappa shape index (κ2) is 6.69. The van der Waals surface area contributed by atoms with Crippen LogP contribution in [0.2, 0.25) is 0 Å². The smallest absolute Gasteiger partial charge is 0.0726 e. The molecule has 6 aromatic carbocycles. The van der Waals surface area contributed by atoms with E-state index >= 15 is 0 Å². The van der Waals surface area contributed by atoms with Crippen molar-refractivity contribution < 1.29 is 0 Å². The Morgan fingerprint density at radius 2 is 1.09 bits per heavy atom. The van der Waals surface area contributed by atoms with Gasteiger partial charge in [-0.05, 0) is 34.4 Å². The van der Waals surface area contributed by atoms with Crippen LogP contribution >= 0.6 is 11.3 Å². The second-order valence-corrected chi connectivity index (χ2v) is 9.98. The molecule has 0 unspecified atom stereocenters. The molecule has 8 aromatic rings. The third-order valence-electron chi connectivity index (χ3n) is 7.14. The molecule has 0 N–H and O–H groups in total. The zero-order chi connectivity index (χ0) is 22.2. The van der Waals surface area contributed by atoms with Crippen LogP contribution in [0.5, 0.6) is 0 Å². The summed E-state index contributed by atoms with van der Waals surface area (Å²) in [4.78, 5) is 0. The minimum Gasteiger partial charge on any atom is -0.307 e. The van der Waals surface area contributed by atoms with Gasteiger partial charge in [0, 0.05) is 37.3 Å². The SMILES string of the molecule is c1ccc(-n2c3c4ccccc4ccc3c3c4ccccc4c4c5ccccc5sc4c32)cc1. The van der Waals surface area contributed by atoms with Crippen LogP contribution in [0, 0.1) is 0 Å². The van der Waals surface area contributed by atoms with E-state index in [0.29, 0.717) is 0 Å². The number of thiophene rings is 1. The van der Waals surface area contributed by atoms with Gasteiger partial charge in [-0.1, -0.05) is 97.1 Å². The minimum absolute atomic E-state index is 1.20. The van der Waals surface area contributed by atoms with E-state index in [2.05, 4.69) is 120 Å². The first-order valence-electron chi connectivity index (χ1n) is 11.6. The number of hydrogen-bond acceptors (Lipinski definition) is 1. The summed E-state index contributed by atoms with van der Waals surface area (Å²) in [6, 6.07) is 42.0. The lowest BCUT2D eigenvalue weighted by atomic mass is 9.98. The summed E-state index contributed by atoms with van der Waals surface area (Å²) in [5.74, 6) is 0. The lowest BCUT2D eigenvalue weighted by molar-refractivity contribution is 1.19. The fourth-order valence-electron chi connectivity index (χ4n) is 5.77. The normalized spacial score (nSPS) is 12.1. The molecule has 0 spiro atoms. The summed E-state index contributed by atoms with van der Waals surface area (Å²) < 4.78 is 5.21. The number of benzene rings is 6. The molecule has 0 amide bonds. The van der Waals surface area contributed by atoms with Gasteiger partial charge in [-0.15, -0.1) is 11.3 Å². The molecule has 8 rings (SSSR count). The zero-order valence-corrected chi connectivity index (χ0v) is 19.1. The van der Waals surface area contributed by atoms with E-state index in [4.69, 9.17) is 0 Å². The number of nitrogens with zero attached hydrogens (tertiary/aromatic N) is 1. The molecule has 2 aromatic heterocycles. The van der Waals surface area contributed by atoms with Crippen molar-refractivity contribution in [3.63, 3.8) is 0 Å². The van der Waals surface area contributed by atoms with Crippen molar-refractivity contribution in [3.8, 4) is 5.69 Å². The summed E-state index contributed by atoms with van der Waals surface area (Å²) in [5.41, 5.74) is 3.80. The van der Waals surface area contributed by atoms with Crippen LogP contribution in [0.1, 0.15) is 0 Å². The lowest BCUT2D eigenvalue weighted by Crippen LogP contribution is -1.94. The Labute approximate surface area is 200 Å². The molecular weight excluding hydrogens is 430 g/mol. The molecule has 0 bridgehead atoms. The molecule has 1 nitrogen and oxygen atoms in total. The Bertz CT molecular complexity index is 2060. The summed E-state index contributed by atoms with van der Waals surface area (Å²) >= 11 is 1.91. The minimum atomic E-state index is 1.20. The van der Waals surface area contributed by atoms with Gasteiger partial charge in [0.05, 0.1) is 15.7 Å². The first-order chi connectivity index (χ1) is 16.9. The Balaban J connectivity index is 1.79. The van der Waals surface area contributed by atoms with Crippen molar-refractivity contribution >= 4 is 74.9 Å². The maximum atomic E-state index is 2.51. The van der Waals surface area contributed by atoms with Gasteiger partial charge in [-0.2, -0.15) is 0 Å². The van der Waals surface area contributed by atoms with Crippen molar-refractivity contribution in [2.75, 3.05) is 0 Å². The first kappa shape index (κ1) is 18.3. The third-order valence-corrected chi connectivity index (χ3v) is 8.32. The van der Waals surface area contributed by atoms with Gasteiger partial charge in [-0.25, -0.2) is 0 Å². The van der Waals surface area contributed by atoms with Crippen LogP contribution in [0.4, 0.5) is 0 Å². The molecule has 0 atom stereocenters. The van der Waals surface area contributed by atoms with Crippen LogP contribution in [0.25, 0.3) is 69.2 Å². The highest BCUT2D eigenvalue weighted by atomic mass is 32.1. The first-order valence-corrected chi connectivity index (χ1v) is 12.4. The molecule has 0 aliphatic carbocycles. The van der Waals surface area contributed by atoms with Crippen molar-refractivity contribution in [2.45, 2.75) is 0 Å². The molecule has 0 aliphatic heterocycles. The maximum Gasteiger partial charge on any atom is 0.0726 e. The van der Waals surface area contributed by atoms with E-state index in [1.54, 1.807) is 0 Å².